The van der Waals surface area contributed by atoms with Crippen LogP contribution in [0.25, 0.3) is 0 Å². The molecule has 0 aliphatic heterocycles. The summed E-state index contributed by atoms with van der Waals surface area (Å²) in [5, 5.41) is 9.56. The smallest absolute Gasteiger partial charge is 0.384 e. The van der Waals surface area contributed by atoms with Gasteiger partial charge in [0.05, 0.1) is 7.11 Å². The van der Waals surface area contributed by atoms with Crippen LogP contribution >= 0.6 is 15.9 Å². The van der Waals surface area contributed by atoms with Crippen LogP contribution in [0.1, 0.15) is 11.7 Å². The van der Waals surface area contributed by atoms with Crippen molar-refractivity contribution in [3.05, 3.63) is 34.3 Å². The summed E-state index contributed by atoms with van der Waals surface area (Å²) < 4.78 is 5.24. The molecule has 0 fully saturated rings. The molecule has 4 heteroatoms. The highest BCUT2D eigenvalue weighted by atomic mass is 79.9. The highest BCUT2D eigenvalue weighted by Crippen LogP contribution is 2.15. The van der Waals surface area contributed by atoms with Gasteiger partial charge in [-0.2, -0.15) is 0 Å². The summed E-state index contributed by atoms with van der Waals surface area (Å²) in [4.78, 5) is 10.7. The third kappa shape index (κ3) is 3.74. The summed E-state index contributed by atoms with van der Waals surface area (Å²) in [6, 6.07) is 7.03. The van der Waals surface area contributed by atoms with Gasteiger partial charge in [-0.1, -0.05) is 34.0 Å². The molecule has 1 unspecified atom stereocenters. The van der Waals surface area contributed by atoms with E-state index in [-0.39, 0.29) is 0 Å². The molecule has 78 valence electrons. The van der Waals surface area contributed by atoms with E-state index in [1.807, 2.05) is 0 Å². The molecule has 0 aliphatic carbocycles. The van der Waals surface area contributed by atoms with Crippen LogP contribution < -0.4 is 0 Å². The third-order valence-electron chi connectivity index (χ3n) is 1.68. The minimum Gasteiger partial charge on any atom is -0.459 e. The van der Waals surface area contributed by atoms with Crippen LogP contribution in [0.15, 0.2) is 28.7 Å². The Morgan fingerprint density at radius 1 is 1.47 bits per heavy atom. The lowest BCUT2D eigenvalue weighted by Crippen LogP contribution is -1.98. The first kappa shape index (κ1) is 11.8. The van der Waals surface area contributed by atoms with E-state index in [1.165, 1.54) is 7.11 Å². The number of esters is 1. The van der Waals surface area contributed by atoms with Crippen molar-refractivity contribution in [2.75, 3.05) is 7.11 Å². The first-order valence-corrected chi connectivity index (χ1v) is 4.96. The minimum absolute atomic E-state index is 0.634. The molecule has 0 heterocycles. The lowest BCUT2D eigenvalue weighted by Gasteiger charge is -2.02. The maximum absolute atomic E-state index is 10.7. The second-order valence-corrected chi connectivity index (χ2v) is 3.63. The van der Waals surface area contributed by atoms with E-state index in [4.69, 9.17) is 0 Å². The number of carbonyl (C=O) groups is 1. The summed E-state index contributed by atoms with van der Waals surface area (Å²) in [6.45, 7) is 0. The Morgan fingerprint density at radius 2 is 2.07 bits per heavy atom. The number of hydrogen-bond donors (Lipinski definition) is 1. The Morgan fingerprint density at radius 3 is 2.60 bits per heavy atom. The van der Waals surface area contributed by atoms with Gasteiger partial charge >= 0.3 is 5.97 Å². The second-order valence-electron chi connectivity index (χ2n) is 2.72. The van der Waals surface area contributed by atoms with Crippen molar-refractivity contribution < 1.29 is 14.6 Å². The maximum Gasteiger partial charge on any atom is 0.384 e. The average molecular weight is 269 g/mol. The number of aliphatic hydroxyl groups is 1. The van der Waals surface area contributed by atoms with Gasteiger partial charge in [0.1, 0.15) is 6.10 Å². The summed E-state index contributed by atoms with van der Waals surface area (Å²) >= 11 is 3.28. The van der Waals surface area contributed by atoms with Gasteiger partial charge in [-0.3, -0.25) is 0 Å². The van der Waals surface area contributed by atoms with Crippen LogP contribution in [-0.4, -0.2) is 18.2 Å². The molecule has 1 aromatic rings. The largest absolute Gasteiger partial charge is 0.459 e. The lowest BCUT2D eigenvalue weighted by atomic mass is 10.1. The highest BCUT2D eigenvalue weighted by molar-refractivity contribution is 9.10. The van der Waals surface area contributed by atoms with E-state index >= 15 is 0 Å². The zero-order valence-electron chi connectivity index (χ0n) is 8.03. The third-order valence-corrected chi connectivity index (χ3v) is 2.21. The zero-order chi connectivity index (χ0) is 11.3. The molecule has 3 nitrogen and oxygen atoms in total. The maximum atomic E-state index is 10.7. The zero-order valence-corrected chi connectivity index (χ0v) is 9.61. The topological polar surface area (TPSA) is 46.5 Å². The normalized spacial score (nSPS) is 11.1. The molecule has 15 heavy (non-hydrogen) atoms. The van der Waals surface area contributed by atoms with E-state index in [0.717, 1.165) is 4.47 Å². The van der Waals surface area contributed by atoms with Crippen LogP contribution in [0, 0.1) is 11.8 Å². The lowest BCUT2D eigenvalue weighted by molar-refractivity contribution is -0.133. The number of aliphatic hydroxyl groups excluding tert-OH is 1. The van der Waals surface area contributed by atoms with E-state index < -0.39 is 12.1 Å². The molecule has 0 bridgehead atoms. The Kier molecular flexibility index (Phi) is 4.35. The number of hydrogen-bond acceptors (Lipinski definition) is 3. The number of benzene rings is 1. The number of rotatable bonds is 1. The predicted octanol–water partition coefficient (Wildman–Crippen LogP) is 1.66. The summed E-state index contributed by atoms with van der Waals surface area (Å²) in [5.74, 6) is 3.90. The second kappa shape index (κ2) is 5.54. The van der Waals surface area contributed by atoms with Gasteiger partial charge in [0.15, 0.2) is 0 Å². The fourth-order valence-electron chi connectivity index (χ4n) is 0.907. The van der Waals surface area contributed by atoms with Crippen LogP contribution in [-0.2, 0) is 9.53 Å². The molecule has 0 radical (unpaired) electrons. The van der Waals surface area contributed by atoms with Gasteiger partial charge in [0.2, 0.25) is 0 Å². The molecular formula is C11H9BrO3. The summed E-state index contributed by atoms with van der Waals surface area (Å²) in [7, 11) is 1.24. The Hall–Kier alpha value is -1.31. The number of halogens is 1. The van der Waals surface area contributed by atoms with Crippen molar-refractivity contribution in [3.8, 4) is 11.8 Å². The van der Waals surface area contributed by atoms with E-state index in [0.29, 0.717) is 5.56 Å². The summed E-state index contributed by atoms with van der Waals surface area (Å²) in [5.41, 5.74) is 0.634. The minimum atomic E-state index is -0.975. The number of ether oxygens (including phenoxy) is 1. The van der Waals surface area contributed by atoms with E-state index in [1.54, 1.807) is 24.3 Å². The highest BCUT2D eigenvalue weighted by Gasteiger charge is 2.03. The SMILES string of the molecule is COC(=O)C#CC(O)c1ccc(Br)cc1. The van der Waals surface area contributed by atoms with Crippen LogP contribution in [0.4, 0.5) is 0 Å². The molecule has 1 rings (SSSR count). The van der Waals surface area contributed by atoms with Crippen molar-refractivity contribution in [2.24, 2.45) is 0 Å². The Balaban J connectivity index is 2.75. The molecule has 0 aliphatic rings. The molecule has 0 aromatic heterocycles. The summed E-state index contributed by atoms with van der Waals surface area (Å²) in [6.07, 6.45) is -0.975. The van der Waals surface area contributed by atoms with Crippen molar-refractivity contribution >= 4 is 21.9 Å². The predicted molar refractivity (Wildman–Crippen MR) is 58.9 cm³/mol. The Bertz CT molecular complexity index is 400. The monoisotopic (exact) mass is 268 g/mol. The van der Waals surface area contributed by atoms with E-state index in [2.05, 4.69) is 32.5 Å². The van der Waals surface area contributed by atoms with Crippen molar-refractivity contribution in [3.63, 3.8) is 0 Å². The quantitative estimate of drug-likeness (QED) is 0.479. The van der Waals surface area contributed by atoms with Gasteiger partial charge in [-0.25, -0.2) is 4.79 Å². The first-order valence-electron chi connectivity index (χ1n) is 4.16. The molecule has 1 atom stereocenters. The molecule has 0 saturated heterocycles. The van der Waals surface area contributed by atoms with Gasteiger partial charge in [-0.05, 0) is 17.7 Å². The van der Waals surface area contributed by atoms with Gasteiger partial charge in [0.25, 0.3) is 0 Å². The van der Waals surface area contributed by atoms with E-state index in [9.17, 15) is 9.90 Å². The van der Waals surface area contributed by atoms with Crippen molar-refractivity contribution in [1.29, 1.82) is 0 Å². The average Bonchev–Trinajstić information content (AvgIpc) is 2.26. The van der Waals surface area contributed by atoms with Crippen molar-refractivity contribution in [1.82, 2.24) is 0 Å². The Labute approximate surface area is 96.2 Å². The van der Waals surface area contributed by atoms with Gasteiger partial charge in [-0.15, -0.1) is 0 Å². The van der Waals surface area contributed by atoms with Crippen LogP contribution in [0.3, 0.4) is 0 Å². The fraction of sp³-hybridized carbons (Fsp3) is 0.182. The molecule has 0 saturated carbocycles. The molecular weight excluding hydrogens is 260 g/mol. The molecule has 1 aromatic carbocycles. The van der Waals surface area contributed by atoms with Gasteiger partial charge < -0.3 is 9.84 Å². The number of methoxy groups -OCH3 is 1. The molecule has 1 N–H and O–H groups in total. The van der Waals surface area contributed by atoms with Crippen molar-refractivity contribution in [2.45, 2.75) is 6.10 Å². The van der Waals surface area contributed by atoms with Crippen LogP contribution in [0.5, 0.6) is 0 Å². The number of carbonyl (C=O) groups excluding carboxylic acids is 1. The first-order chi connectivity index (χ1) is 7.13. The van der Waals surface area contributed by atoms with Crippen LogP contribution in [0.2, 0.25) is 0 Å². The standard InChI is InChI=1S/C11H9BrO3/c1-15-11(14)7-6-10(13)8-2-4-9(12)5-3-8/h2-5,10,13H,1H3. The fourth-order valence-corrected chi connectivity index (χ4v) is 1.17. The molecule has 0 amide bonds. The molecule has 0 spiro atoms. The van der Waals surface area contributed by atoms with Gasteiger partial charge in [0, 0.05) is 10.4 Å².